The third kappa shape index (κ3) is 4.15. The lowest BCUT2D eigenvalue weighted by Crippen LogP contribution is -2.53. The van der Waals surface area contributed by atoms with Gasteiger partial charge in [-0.05, 0) is 42.7 Å². The topological polar surface area (TPSA) is 66.0 Å². The zero-order valence-corrected chi connectivity index (χ0v) is 19.6. The number of likely N-dealkylation sites (tertiary alicyclic amines) is 2. The molecule has 0 unspecified atom stereocenters. The lowest BCUT2D eigenvalue weighted by Gasteiger charge is -2.42. The molecule has 4 heterocycles. The van der Waals surface area contributed by atoms with Crippen LogP contribution in [0.25, 0.3) is 0 Å². The minimum absolute atomic E-state index is 0.0639. The van der Waals surface area contributed by atoms with Crippen molar-refractivity contribution in [1.82, 2.24) is 14.8 Å². The van der Waals surface area contributed by atoms with Crippen LogP contribution < -0.4 is 4.90 Å². The van der Waals surface area contributed by atoms with E-state index in [4.69, 9.17) is 4.74 Å². The van der Waals surface area contributed by atoms with Crippen LogP contribution in [0.4, 0.5) is 10.2 Å². The number of carbonyl (C=O) groups is 2. The number of benzene rings is 1. The number of carbonyl (C=O) groups excluding carboxylic acids is 2. The van der Waals surface area contributed by atoms with E-state index >= 15 is 0 Å². The standard InChI is InChI=1S/C26H31FN4O3/c1-29-24(32)4-2-3-10-26(29)18-31(17-22(26)19-5-7-21(27)8-6-19)25(33)20-9-11-28-23(16-20)30-12-14-34-15-13-30/h5-9,11,16,22H,2-4,10,12-15,17-18H2,1H3/t22-,26+/m0/s1. The first-order valence-electron chi connectivity index (χ1n) is 12.1. The molecule has 5 rings (SSSR count). The lowest BCUT2D eigenvalue weighted by atomic mass is 9.78. The molecule has 2 atom stereocenters. The van der Waals surface area contributed by atoms with Crippen LogP contribution in [0.2, 0.25) is 0 Å². The number of anilines is 1. The predicted octanol–water partition coefficient (Wildman–Crippen LogP) is 3.07. The van der Waals surface area contributed by atoms with E-state index in [1.165, 1.54) is 12.1 Å². The molecule has 2 aromatic rings. The van der Waals surface area contributed by atoms with E-state index in [-0.39, 0.29) is 23.5 Å². The van der Waals surface area contributed by atoms with Crippen molar-refractivity contribution in [3.63, 3.8) is 0 Å². The van der Waals surface area contributed by atoms with Crippen LogP contribution in [-0.4, -0.2) is 78.6 Å². The second-order valence-electron chi connectivity index (χ2n) is 9.56. The molecule has 3 aliphatic rings. The number of rotatable bonds is 3. The Morgan fingerprint density at radius 3 is 2.68 bits per heavy atom. The highest BCUT2D eigenvalue weighted by Gasteiger charge is 2.52. The molecule has 0 aliphatic carbocycles. The van der Waals surface area contributed by atoms with Gasteiger partial charge in [-0.15, -0.1) is 0 Å². The van der Waals surface area contributed by atoms with Gasteiger partial charge in [0, 0.05) is 57.3 Å². The third-order valence-corrected chi connectivity index (χ3v) is 7.70. The molecule has 7 nitrogen and oxygen atoms in total. The van der Waals surface area contributed by atoms with Crippen LogP contribution in [0.1, 0.15) is 47.5 Å². The Kier molecular flexibility index (Phi) is 6.25. The maximum Gasteiger partial charge on any atom is 0.254 e. The number of morpholine rings is 1. The maximum absolute atomic E-state index is 13.7. The molecule has 8 heteroatoms. The van der Waals surface area contributed by atoms with E-state index in [0.29, 0.717) is 38.3 Å². The normalized spacial score (nSPS) is 25.6. The molecule has 1 aromatic carbocycles. The summed E-state index contributed by atoms with van der Waals surface area (Å²) < 4.78 is 19.1. The van der Waals surface area contributed by atoms with Gasteiger partial charge in [-0.25, -0.2) is 9.37 Å². The molecular formula is C26H31FN4O3. The number of likely N-dealkylation sites (N-methyl/N-ethyl adjacent to an activating group) is 1. The zero-order valence-electron chi connectivity index (χ0n) is 19.6. The highest BCUT2D eigenvalue weighted by Crippen LogP contribution is 2.45. The summed E-state index contributed by atoms with van der Waals surface area (Å²) in [6.45, 7) is 3.74. The number of aromatic nitrogens is 1. The van der Waals surface area contributed by atoms with Gasteiger partial charge in [-0.1, -0.05) is 18.6 Å². The summed E-state index contributed by atoms with van der Waals surface area (Å²) in [6.07, 6.45) is 4.79. The van der Waals surface area contributed by atoms with Crippen molar-refractivity contribution >= 4 is 17.6 Å². The molecule has 0 N–H and O–H groups in total. The van der Waals surface area contributed by atoms with E-state index in [2.05, 4.69) is 9.88 Å². The highest BCUT2D eigenvalue weighted by molar-refractivity contribution is 5.95. The summed E-state index contributed by atoms with van der Waals surface area (Å²) >= 11 is 0. The van der Waals surface area contributed by atoms with E-state index < -0.39 is 5.54 Å². The molecular weight excluding hydrogens is 435 g/mol. The van der Waals surface area contributed by atoms with Crippen molar-refractivity contribution < 1.29 is 18.7 Å². The Bertz CT molecular complexity index is 1060. The number of nitrogens with zero attached hydrogens (tertiary/aromatic N) is 4. The zero-order chi connectivity index (χ0) is 23.7. The summed E-state index contributed by atoms with van der Waals surface area (Å²) in [5.74, 6) is 0.453. The average molecular weight is 467 g/mol. The van der Waals surface area contributed by atoms with E-state index in [0.717, 1.165) is 43.7 Å². The van der Waals surface area contributed by atoms with Crippen molar-refractivity contribution in [3.05, 3.63) is 59.5 Å². The molecule has 0 radical (unpaired) electrons. The number of pyridine rings is 1. The monoisotopic (exact) mass is 466 g/mol. The van der Waals surface area contributed by atoms with Crippen LogP contribution in [0.5, 0.6) is 0 Å². The second-order valence-corrected chi connectivity index (χ2v) is 9.56. The molecule has 1 aromatic heterocycles. The average Bonchev–Trinajstić information content (AvgIpc) is 3.20. The lowest BCUT2D eigenvalue weighted by molar-refractivity contribution is -0.134. The maximum atomic E-state index is 13.7. The first-order chi connectivity index (χ1) is 16.5. The first-order valence-corrected chi connectivity index (χ1v) is 12.1. The molecule has 3 fully saturated rings. The second kappa shape index (κ2) is 9.33. The van der Waals surface area contributed by atoms with Gasteiger partial charge in [0.05, 0.1) is 18.8 Å². The van der Waals surface area contributed by atoms with Crippen LogP contribution in [-0.2, 0) is 9.53 Å². The summed E-state index contributed by atoms with van der Waals surface area (Å²) in [5, 5.41) is 0. The fraction of sp³-hybridized carbons (Fsp3) is 0.500. The van der Waals surface area contributed by atoms with Crippen LogP contribution in [0, 0.1) is 5.82 Å². The van der Waals surface area contributed by atoms with Gasteiger partial charge in [-0.2, -0.15) is 0 Å². The Balaban J connectivity index is 1.46. The van der Waals surface area contributed by atoms with E-state index in [1.807, 2.05) is 22.9 Å². The largest absolute Gasteiger partial charge is 0.378 e. The quantitative estimate of drug-likeness (QED) is 0.696. The van der Waals surface area contributed by atoms with Crippen LogP contribution in [0.15, 0.2) is 42.6 Å². The Labute approximate surface area is 199 Å². The van der Waals surface area contributed by atoms with E-state index in [1.54, 1.807) is 24.4 Å². The molecule has 1 spiro atoms. The van der Waals surface area contributed by atoms with Crippen LogP contribution in [0.3, 0.4) is 0 Å². The fourth-order valence-electron chi connectivity index (χ4n) is 5.74. The summed E-state index contributed by atoms with van der Waals surface area (Å²) in [6, 6.07) is 10.1. The van der Waals surface area contributed by atoms with Gasteiger partial charge in [0.15, 0.2) is 0 Å². The predicted molar refractivity (Wildman–Crippen MR) is 126 cm³/mol. The molecule has 0 bridgehead atoms. The summed E-state index contributed by atoms with van der Waals surface area (Å²) in [5.41, 5.74) is 1.05. The molecule has 180 valence electrons. The molecule has 3 saturated heterocycles. The fourth-order valence-corrected chi connectivity index (χ4v) is 5.74. The van der Waals surface area contributed by atoms with Crippen LogP contribution >= 0.6 is 0 Å². The Morgan fingerprint density at radius 2 is 1.91 bits per heavy atom. The molecule has 3 aliphatic heterocycles. The van der Waals surface area contributed by atoms with Gasteiger partial charge < -0.3 is 19.4 Å². The van der Waals surface area contributed by atoms with E-state index in [9.17, 15) is 14.0 Å². The van der Waals surface area contributed by atoms with Crippen molar-refractivity contribution in [2.24, 2.45) is 0 Å². The SMILES string of the molecule is CN1C(=O)CCCC[C@]12CN(C(=O)c1ccnc(N3CCOCC3)c1)C[C@H]2c1ccc(F)cc1. The number of hydrogen-bond acceptors (Lipinski definition) is 5. The number of hydrogen-bond donors (Lipinski definition) is 0. The highest BCUT2D eigenvalue weighted by atomic mass is 19.1. The van der Waals surface area contributed by atoms with Crippen molar-refractivity contribution in [2.45, 2.75) is 37.1 Å². The smallest absolute Gasteiger partial charge is 0.254 e. The van der Waals surface area contributed by atoms with Gasteiger partial charge in [0.1, 0.15) is 11.6 Å². The molecule has 0 saturated carbocycles. The van der Waals surface area contributed by atoms with Crippen molar-refractivity contribution in [1.29, 1.82) is 0 Å². The van der Waals surface area contributed by atoms with Crippen molar-refractivity contribution in [3.8, 4) is 0 Å². The number of ether oxygens (including phenoxy) is 1. The van der Waals surface area contributed by atoms with Gasteiger partial charge >= 0.3 is 0 Å². The minimum Gasteiger partial charge on any atom is -0.378 e. The van der Waals surface area contributed by atoms with Gasteiger partial charge in [0.25, 0.3) is 5.91 Å². The number of halogens is 1. The Morgan fingerprint density at radius 1 is 1.15 bits per heavy atom. The molecule has 34 heavy (non-hydrogen) atoms. The van der Waals surface area contributed by atoms with Crippen molar-refractivity contribution in [2.75, 3.05) is 51.3 Å². The van der Waals surface area contributed by atoms with Gasteiger partial charge in [-0.3, -0.25) is 9.59 Å². The van der Waals surface area contributed by atoms with Gasteiger partial charge in [0.2, 0.25) is 5.91 Å². The third-order valence-electron chi connectivity index (χ3n) is 7.70. The Hall–Kier alpha value is -3.00. The number of amides is 2. The summed E-state index contributed by atoms with van der Waals surface area (Å²) in [7, 11) is 1.86. The first kappa shape index (κ1) is 22.8. The molecule has 2 amide bonds. The summed E-state index contributed by atoms with van der Waals surface area (Å²) in [4.78, 5) is 36.9. The minimum atomic E-state index is -0.499.